The number of para-hydroxylation sites is 1. The lowest BCUT2D eigenvalue weighted by molar-refractivity contribution is -0.118. The summed E-state index contributed by atoms with van der Waals surface area (Å²) in [7, 11) is 3.08. The van der Waals surface area contributed by atoms with Gasteiger partial charge in [0.2, 0.25) is 0 Å². The van der Waals surface area contributed by atoms with Crippen molar-refractivity contribution in [3.05, 3.63) is 48.0 Å². The summed E-state index contributed by atoms with van der Waals surface area (Å²) in [5, 5.41) is 23.0. The number of carbonyl (C=O) groups is 1. The van der Waals surface area contributed by atoms with Crippen LogP contribution >= 0.6 is 11.8 Å². The fraction of sp³-hybridized carbons (Fsp3) is 0.238. The Kier molecular flexibility index (Phi) is 7.50. The number of aromatic hydroxyl groups is 1. The van der Waals surface area contributed by atoms with E-state index in [1.165, 1.54) is 25.1 Å². The first kappa shape index (κ1) is 22.2. The summed E-state index contributed by atoms with van der Waals surface area (Å²) in [5.41, 5.74) is 3.78. The van der Waals surface area contributed by atoms with Crippen molar-refractivity contribution in [3.63, 3.8) is 0 Å². The van der Waals surface area contributed by atoms with E-state index in [0.29, 0.717) is 23.0 Å². The molecular formula is C21H23N5O4S. The standard InChI is InChI=1S/C21H23N5O4S/c1-4-26-20(14-8-10-16(29-2)11-9-14)24-25-21(26)31-13-18(27)23-22-12-15-6-5-7-17(30-3)19(15)28/h5-12,28H,4,13H2,1-3H3,(H,23,27). The van der Waals surface area contributed by atoms with E-state index in [4.69, 9.17) is 9.47 Å². The molecule has 9 nitrogen and oxygen atoms in total. The van der Waals surface area contributed by atoms with Crippen LogP contribution in [0.25, 0.3) is 11.4 Å². The number of phenolic OH excluding ortho intramolecular Hbond substituents is 1. The largest absolute Gasteiger partial charge is 0.504 e. The van der Waals surface area contributed by atoms with Crippen LogP contribution in [0.5, 0.6) is 17.2 Å². The number of amides is 1. The van der Waals surface area contributed by atoms with Crippen LogP contribution in [-0.4, -0.2) is 52.0 Å². The quantitative estimate of drug-likeness (QED) is 0.298. The molecule has 2 aromatic carbocycles. The van der Waals surface area contributed by atoms with E-state index in [0.717, 1.165) is 17.1 Å². The molecule has 0 saturated carbocycles. The van der Waals surface area contributed by atoms with Crippen molar-refractivity contribution in [1.82, 2.24) is 20.2 Å². The number of hydrogen-bond donors (Lipinski definition) is 2. The van der Waals surface area contributed by atoms with E-state index < -0.39 is 0 Å². The predicted molar refractivity (Wildman–Crippen MR) is 119 cm³/mol. The van der Waals surface area contributed by atoms with Gasteiger partial charge < -0.3 is 19.1 Å². The molecule has 0 atom stereocenters. The number of thioether (sulfide) groups is 1. The van der Waals surface area contributed by atoms with Crippen LogP contribution in [0.3, 0.4) is 0 Å². The number of nitrogens with zero attached hydrogens (tertiary/aromatic N) is 4. The Hall–Kier alpha value is -3.53. The Bertz CT molecular complexity index is 1070. The first-order chi connectivity index (χ1) is 15.1. The average Bonchev–Trinajstić information content (AvgIpc) is 3.21. The van der Waals surface area contributed by atoms with Gasteiger partial charge in [-0.05, 0) is 43.3 Å². The molecule has 10 heteroatoms. The lowest BCUT2D eigenvalue weighted by Gasteiger charge is -2.07. The highest BCUT2D eigenvalue weighted by Gasteiger charge is 2.14. The number of methoxy groups -OCH3 is 2. The Labute approximate surface area is 184 Å². The first-order valence-corrected chi connectivity index (χ1v) is 10.4. The van der Waals surface area contributed by atoms with Gasteiger partial charge in [-0.15, -0.1) is 10.2 Å². The van der Waals surface area contributed by atoms with E-state index >= 15 is 0 Å². The normalized spacial score (nSPS) is 10.9. The van der Waals surface area contributed by atoms with Crippen LogP contribution in [0.4, 0.5) is 0 Å². The topological polar surface area (TPSA) is 111 Å². The highest BCUT2D eigenvalue weighted by Crippen LogP contribution is 2.28. The number of rotatable bonds is 9. The van der Waals surface area contributed by atoms with Gasteiger partial charge in [0, 0.05) is 17.7 Å². The minimum Gasteiger partial charge on any atom is -0.504 e. The maximum atomic E-state index is 12.2. The third-order valence-corrected chi connectivity index (χ3v) is 5.32. The van der Waals surface area contributed by atoms with Crippen molar-refractivity contribution in [2.24, 2.45) is 5.10 Å². The molecule has 0 aliphatic rings. The number of aromatic nitrogens is 3. The number of nitrogens with one attached hydrogen (secondary N) is 1. The summed E-state index contributed by atoms with van der Waals surface area (Å²) in [6.45, 7) is 2.65. The molecule has 31 heavy (non-hydrogen) atoms. The van der Waals surface area contributed by atoms with Crippen LogP contribution in [0.1, 0.15) is 12.5 Å². The Morgan fingerprint density at radius 2 is 1.97 bits per heavy atom. The average molecular weight is 442 g/mol. The summed E-state index contributed by atoms with van der Waals surface area (Å²) >= 11 is 1.27. The second-order valence-corrected chi connectivity index (χ2v) is 7.20. The molecule has 3 aromatic rings. The Morgan fingerprint density at radius 1 is 1.19 bits per heavy atom. The van der Waals surface area contributed by atoms with E-state index in [1.54, 1.807) is 25.3 Å². The van der Waals surface area contributed by atoms with E-state index in [-0.39, 0.29) is 17.4 Å². The monoisotopic (exact) mass is 441 g/mol. The van der Waals surface area contributed by atoms with Crippen LogP contribution in [0.15, 0.2) is 52.7 Å². The summed E-state index contributed by atoms with van der Waals surface area (Å²) in [4.78, 5) is 12.2. The van der Waals surface area contributed by atoms with Crippen molar-refractivity contribution in [2.45, 2.75) is 18.6 Å². The van der Waals surface area contributed by atoms with Crippen LogP contribution in [0.2, 0.25) is 0 Å². The zero-order chi connectivity index (χ0) is 22.2. The zero-order valence-corrected chi connectivity index (χ0v) is 18.2. The highest BCUT2D eigenvalue weighted by atomic mass is 32.2. The Morgan fingerprint density at radius 3 is 2.65 bits per heavy atom. The van der Waals surface area contributed by atoms with E-state index in [2.05, 4.69) is 20.7 Å². The minimum atomic E-state index is -0.305. The zero-order valence-electron chi connectivity index (χ0n) is 17.4. The van der Waals surface area contributed by atoms with Gasteiger partial charge >= 0.3 is 0 Å². The molecule has 0 aliphatic carbocycles. The molecule has 0 aliphatic heterocycles. The van der Waals surface area contributed by atoms with Gasteiger partial charge in [-0.3, -0.25) is 4.79 Å². The van der Waals surface area contributed by atoms with Crippen molar-refractivity contribution in [3.8, 4) is 28.6 Å². The molecule has 0 fully saturated rings. The Balaban J connectivity index is 1.61. The molecule has 0 bridgehead atoms. The third kappa shape index (κ3) is 5.34. The summed E-state index contributed by atoms with van der Waals surface area (Å²) in [5.74, 6) is 1.58. The molecule has 1 aromatic heterocycles. The van der Waals surface area contributed by atoms with Gasteiger partial charge in [-0.25, -0.2) is 5.43 Å². The van der Waals surface area contributed by atoms with Crippen LogP contribution in [-0.2, 0) is 11.3 Å². The van der Waals surface area contributed by atoms with Gasteiger partial charge in [-0.1, -0.05) is 17.8 Å². The molecule has 2 N–H and O–H groups in total. The van der Waals surface area contributed by atoms with Gasteiger partial charge in [0.05, 0.1) is 26.2 Å². The van der Waals surface area contributed by atoms with E-state index in [9.17, 15) is 9.90 Å². The van der Waals surface area contributed by atoms with Crippen molar-refractivity contribution in [2.75, 3.05) is 20.0 Å². The fourth-order valence-electron chi connectivity index (χ4n) is 2.78. The molecule has 0 saturated heterocycles. The molecule has 1 amide bonds. The molecule has 0 unspecified atom stereocenters. The fourth-order valence-corrected chi connectivity index (χ4v) is 3.57. The molecule has 0 radical (unpaired) electrons. The summed E-state index contributed by atoms with van der Waals surface area (Å²) < 4.78 is 12.2. The number of hydrogen-bond acceptors (Lipinski definition) is 8. The molecule has 162 valence electrons. The van der Waals surface area contributed by atoms with Gasteiger partial charge in [-0.2, -0.15) is 5.10 Å². The SMILES string of the molecule is CCn1c(SCC(=O)NN=Cc2cccc(OC)c2O)nnc1-c1ccc(OC)cc1. The van der Waals surface area contributed by atoms with E-state index in [1.807, 2.05) is 35.8 Å². The molecule has 0 spiro atoms. The number of ether oxygens (including phenoxy) is 2. The van der Waals surface area contributed by atoms with Gasteiger partial charge in [0.25, 0.3) is 5.91 Å². The third-order valence-electron chi connectivity index (χ3n) is 4.36. The summed E-state index contributed by atoms with van der Waals surface area (Å²) in [6, 6.07) is 12.6. The smallest absolute Gasteiger partial charge is 0.250 e. The van der Waals surface area contributed by atoms with Gasteiger partial charge in [0.1, 0.15) is 5.75 Å². The maximum Gasteiger partial charge on any atom is 0.250 e. The second-order valence-electron chi connectivity index (χ2n) is 6.26. The van der Waals surface area contributed by atoms with Crippen molar-refractivity contribution in [1.29, 1.82) is 0 Å². The van der Waals surface area contributed by atoms with Gasteiger partial charge in [0.15, 0.2) is 22.5 Å². The molecular weight excluding hydrogens is 418 g/mol. The highest BCUT2D eigenvalue weighted by molar-refractivity contribution is 7.99. The van der Waals surface area contributed by atoms with Crippen molar-refractivity contribution < 1.29 is 19.4 Å². The lowest BCUT2D eigenvalue weighted by Crippen LogP contribution is -2.20. The van der Waals surface area contributed by atoms with Crippen LogP contribution < -0.4 is 14.9 Å². The maximum absolute atomic E-state index is 12.2. The first-order valence-electron chi connectivity index (χ1n) is 9.45. The number of benzene rings is 2. The molecule has 1 heterocycles. The van der Waals surface area contributed by atoms with Crippen LogP contribution in [0, 0.1) is 0 Å². The van der Waals surface area contributed by atoms with Crippen molar-refractivity contribution >= 4 is 23.9 Å². The second kappa shape index (κ2) is 10.5. The summed E-state index contributed by atoms with van der Waals surface area (Å²) in [6.07, 6.45) is 1.36. The lowest BCUT2D eigenvalue weighted by atomic mass is 10.2. The minimum absolute atomic E-state index is 0.0421. The predicted octanol–water partition coefficient (Wildman–Crippen LogP) is 2.93. The number of carbonyl (C=O) groups excluding carboxylic acids is 1. The number of phenols is 1. The number of hydrazone groups is 1. The molecule has 3 rings (SSSR count).